The van der Waals surface area contributed by atoms with Gasteiger partial charge < -0.3 is 0 Å². The predicted octanol–water partition coefficient (Wildman–Crippen LogP) is 2.81. The molecule has 1 rings (SSSR count). The highest BCUT2D eigenvalue weighted by molar-refractivity contribution is 6.28. The average molecular weight is 202 g/mol. The molecule has 0 atom stereocenters. The fraction of sp³-hybridized carbons (Fsp3) is 0.778. The van der Waals surface area contributed by atoms with Gasteiger partial charge in [0.15, 0.2) is 0 Å². The van der Waals surface area contributed by atoms with E-state index in [1.165, 1.54) is 0 Å². The fourth-order valence-electron chi connectivity index (χ4n) is 1.24. The molecule has 1 heterocycles. The van der Waals surface area contributed by atoms with Crippen LogP contribution in [-0.2, 0) is 5.41 Å². The zero-order valence-corrected chi connectivity index (χ0v) is 9.55. The molecule has 0 amide bonds. The number of nitrogens with zero attached hydrogens (tertiary/aromatic N) is 3. The Morgan fingerprint density at radius 2 is 1.77 bits per heavy atom. The molecule has 0 bridgehead atoms. The number of hydrogen-bond donors (Lipinski definition) is 0. The maximum absolute atomic E-state index is 5.94. The quantitative estimate of drug-likeness (QED) is 0.700. The molecule has 0 aromatic carbocycles. The smallest absolute Gasteiger partial charge is 0.225 e. The van der Waals surface area contributed by atoms with Crippen LogP contribution in [0.1, 0.15) is 46.5 Å². The summed E-state index contributed by atoms with van der Waals surface area (Å²) in [6.45, 7) is 10.5. The molecule has 0 saturated carbocycles. The topological polar surface area (TPSA) is 30.7 Å². The Balaban J connectivity index is 3.23. The van der Waals surface area contributed by atoms with Crippen molar-refractivity contribution in [1.82, 2.24) is 14.8 Å². The molecular formula is C9H16ClN3. The molecule has 1 aromatic rings. The van der Waals surface area contributed by atoms with Crippen molar-refractivity contribution in [2.75, 3.05) is 0 Å². The Kier molecular flexibility index (Phi) is 2.66. The molecule has 0 unspecified atom stereocenters. The van der Waals surface area contributed by atoms with E-state index in [4.69, 9.17) is 11.6 Å². The van der Waals surface area contributed by atoms with Gasteiger partial charge in [-0.15, -0.1) is 10.2 Å². The first-order valence-corrected chi connectivity index (χ1v) is 4.82. The lowest BCUT2D eigenvalue weighted by molar-refractivity contribution is 0.469. The summed E-state index contributed by atoms with van der Waals surface area (Å²) >= 11 is 5.94. The fourth-order valence-corrected chi connectivity index (χ4v) is 1.55. The third kappa shape index (κ3) is 2.02. The van der Waals surface area contributed by atoms with Crippen molar-refractivity contribution in [3.8, 4) is 0 Å². The van der Waals surface area contributed by atoms with E-state index in [-0.39, 0.29) is 5.41 Å². The van der Waals surface area contributed by atoms with E-state index in [1.807, 2.05) is 4.57 Å². The molecule has 0 radical (unpaired) electrons. The zero-order chi connectivity index (χ0) is 10.2. The van der Waals surface area contributed by atoms with Gasteiger partial charge in [0, 0.05) is 11.5 Å². The number of aromatic nitrogens is 3. The highest BCUT2D eigenvalue weighted by Gasteiger charge is 2.24. The minimum absolute atomic E-state index is 0.00951. The molecule has 0 saturated heterocycles. The molecule has 1 aromatic heterocycles. The molecule has 0 fully saturated rings. The second-order valence-electron chi connectivity index (χ2n) is 4.51. The first-order valence-electron chi connectivity index (χ1n) is 4.45. The maximum atomic E-state index is 5.94. The highest BCUT2D eigenvalue weighted by Crippen LogP contribution is 2.25. The van der Waals surface area contributed by atoms with Crippen molar-refractivity contribution >= 4 is 11.6 Å². The van der Waals surface area contributed by atoms with Crippen LogP contribution >= 0.6 is 11.6 Å². The number of halogens is 1. The summed E-state index contributed by atoms with van der Waals surface area (Å²) < 4.78 is 1.96. The maximum Gasteiger partial charge on any atom is 0.225 e. The lowest BCUT2D eigenvalue weighted by Crippen LogP contribution is -2.20. The summed E-state index contributed by atoms with van der Waals surface area (Å²) in [5.41, 5.74) is -0.00951. The van der Waals surface area contributed by atoms with E-state index in [2.05, 4.69) is 44.8 Å². The molecular weight excluding hydrogens is 186 g/mol. The highest BCUT2D eigenvalue weighted by atomic mass is 35.5. The minimum atomic E-state index is -0.00951. The van der Waals surface area contributed by atoms with Crippen LogP contribution in [0, 0.1) is 0 Å². The Bertz CT molecular complexity index is 296. The Morgan fingerprint density at radius 3 is 2.08 bits per heavy atom. The first-order chi connectivity index (χ1) is 5.84. The van der Waals surface area contributed by atoms with Gasteiger partial charge in [-0.25, -0.2) is 0 Å². The van der Waals surface area contributed by atoms with Crippen LogP contribution in [0.15, 0.2) is 0 Å². The van der Waals surface area contributed by atoms with Crippen LogP contribution in [0.25, 0.3) is 0 Å². The van der Waals surface area contributed by atoms with Crippen molar-refractivity contribution in [1.29, 1.82) is 0 Å². The molecule has 0 aliphatic heterocycles. The predicted molar refractivity (Wildman–Crippen MR) is 54.1 cm³/mol. The van der Waals surface area contributed by atoms with Gasteiger partial charge in [0.05, 0.1) is 0 Å². The van der Waals surface area contributed by atoms with E-state index >= 15 is 0 Å². The van der Waals surface area contributed by atoms with Crippen LogP contribution in [0.2, 0.25) is 5.28 Å². The summed E-state index contributed by atoms with van der Waals surface area (Å²) in [4.78, 5) is 0. The van der Waals surface area contributed by atoms with E-state index in [9.17, 15) is 0 Å². The van der Waals surface area contributed by atoms with Crippen LogP contribution in [0.5, 0.6) is 0 Å². The molecule has 74 valence electrons. The molecule has 0 aliphatic carbocycles. The Morgan fingerprint density at radius 1 is 1.23 bits per heavy atom. The summed E-state index contributed by atoms with van der Waals surface area (Å²) in [7, 11) is 0. The third-order valence-electron chi connectivity index (χ3n) is 1.84. The van der Waals surface area contributed by atoms with E-state index < -0.39 is 0 Å². The molecule has 0 aliphatic rings. The van der Waals surface area contributed by atoms with Gasteiger partial charge in [-0.3, -0.25) is 4.57 Å². The lowest BCUT2D eigenvalue weighted by Gasteiger charge is -2.20. The zero-order valence-electron chi connectivity index (χ0n) is 8.80. The number of rotatable bonds is 1. The second kappa shape index (κ2) is 3.29. The van der Waals surface area contributed by atoms with Crippen molar-refractivity contribution < 1.29 is 0 Å². The van der Waals surface area contributed by atoms with Crippen molar-refractivity contribution in [2.24, 2.45) is 0 Å². The average Bonchev–Trinajstić information content (AvgIpc) is 2.28. The Hall–Kier alpha value is -0.570. The molecule has 0 N–H and O–H groups in total. The monoisotopic (exact) mass is 201 g/mol. The van der Waals surface area contributed by atoms with E-state index in [0.29, 0.717) is 11.3 Å². The van der Waals surface area contributed by atoms with Gasteiger partial charge in [-0.2, -0.15) is 0 Å². The molecule has 4 heteroatoms. The lowest BCUT2D eigenvalue weighted by atomic mass is 9.95. The summed E-state index contributed by atoms with van der Waals surface area (Å²) in [5.74, 6) is 0.938. The van der Waals surface area contributed by atoms with Gasteiger partial charge in [-0.1, -0.05) is 20.8 Å². The molecule has 3 nitrogen and oxygen atoms in total. The molecule has 13 heavy (non-hydrogen) atoms. The summed E-state index contributed by atoms with van der Waals surface area (Å²) in [6, 6.07) is 0.303. The van der Waals surface area contributed by atoms with Crippen LogP contribution < -0.4 is 0 Å². The Labute approximate surface area is 84.1 Å². The first kappa shape index (κ1) is 10.5. The van der Waals surface area contributed by atoms with Gasteiger partial charge in [-0.05, 0) is 25.4 Å². The normalized spacial score (nSPS) is 12.5. The van der Waals surface area contributed by atoms with Crippen molar-refractivity contribution in [2.45, 2.75) is 46.1 Å². The summed E-state index contributed by atoms with van der Waals surface area (Å²) in [6.07, 6.45) is 0. The van der Waals surface area contributed by atoms with Crippen LogP contribution in [-0.4, -0.2) is 14.8 Å². The standard InChI is InChI=1S/C9H16ClN3/c1-6(2)13-7(9(3,4)5)11-12-8(13)10/h6H,1-5H3. The van der Waals surface area contributed by atoms with Crippen LogP contribution in [0.3, 0.4) is 0 Å². The van der Waals surface area contributed by atoms with Gasteiger partial charge in [0.1, 0.15) is 5.82 Å². The SMILES string of the molecule is CC(C)n1c(Cl)nnc1C(C)(C)C. The molecule has 0 spiro atoms. The number of hydrogen-bond acceptors (Lipinski definition) is 2. The van der Waals surface area contributed by atoms with E-state index in [1.54, 1.807) is 0 Å². The second-order valence-corrected chi connectivity index (χ2v) is 4.84. The van der Waals surface area contributed by atoms with Crippen LogP contribution in [0.4, 0.5) is 0 Å². The van der Waals surface area contributed by atoms with Crippen molar-refractivity contribution in [3.63, 3.8) is 0 Å². The van der Waals surface area contributed by atoms with Gasteiger partial charge >= 0.3 is 0 Å². The van der Waals surface area contributed by atoms with E-state index in [0.717, 1.165) is 5.82 Å². The summed E-state index contributed by atoms with van der Waals surface area (Å²) in [5, 5.41) is 8.44. The largest absolute Gasteiger partial charge is 0.299 e. The van der Waals surface area contributed by atoms with Gasteiger partial charge in [0.2, 0.25) is 5.28 Å². The minimum Gasteiger partial charge on any atom is -0.299 e. The third-order valence-corrected chi connectivity index (χ3v) is 2.10. The van der Waals surface area contributed by atoms with Gasteiger partial charge in [0.25, 0.3) is 0 Å². The van der Waals surface area contributed by atoms with Crippen molar-refractivity contribution in [3.05, 3.63) is 11.1 Å².